The smallest absolute Gasteiger partial charge is 0.272 e. The number of H-pyrrole nitrogens is 1. The number of nitrogens with zero attached hydrogens (tertiary/aromatic N) is 4. The summed E-state index contributed by atoms with van der Waals surface area (Å²) in [6.45, 7) is 3.85. The van der Waals surface area contributed by atoms with Crippen LogP contribution < -0.4 is 0 Å². The number of hydrogen-bond acceptors (Lipinski definition) is 4. The molecule has 5 rings (SSSR count). The third kappa shape index (κ3) is 3.89. The molecule has 156 valence electrons. The van der Waals surface area contributed by atoms with Crippen LogP contribution in [0.2, 0.25) is 0 Å². The van der Waals surface area contributed by atoms with E-state index < -0.39 is 0 Å². The number of rotatable bonds is 4. The molecule has 1 fully saturated rings. The second kappa shape index (κ2) is 8.45. The van der Waals surface area contributed by atoms with Crippen molar-refractivity contribution in [1.29, 1.82) is 0 Å². The Morgan fingerprint density at radius 3 is 2.55 bits per heavy atom. The minimum atomic E-state index is 0.00248. The maximum absolute atomic E-state index is 13.3. The number of imidazole rings is 1. The molecule has 1 aliphatic heterocycles. The van der Waals surface area contributed by atoms with E-state index >= 15 is 0 Å². The zero-order valence-electron chi connectivity index (χ0n) is 17.1. The van der Waals surface area contributed by atoms with Crippen molar-refractivity contribution in [3.8, 4) is 5.69 Å². The molecule has 1 saturated heterocycles. The van der Waals surface area contributed by atoms with Crippen molar-refractivity contribution < 1.29 is 4.79 Å². The predicted molar refractivity (Wildman–Crippen MR) is 124 cm³/mol. The molecule has 0 spiro atoms. The van der Waals surface area contributed by atoms with Crippen LogP contribution in [0, 0.1) is 4.77 Å². The Hall–Kier alpha value is -3.29. The highest BCUT2D eigenvalue weighted by Gasteiger charge is 2.25. The van der Waals surface area contributed by atoms with Crippen molar-refractivity contribution in [3.63, 3.8) is 0 Å². The molecule has 7 heteroatoms. The van der Waals surface area contributed by atoms with Gasteiger partial charge in [-0.15, -0.1) is 0 Å². The lowest BCUT2D eigenvalue weighted by molar-refractivity contribution is 0.0621. The van der Waals surface area contributed by atoms with Crippen molar-refractivity contribution in [3.05, 3.63) is 89.1 Å². The average Bonchev–Trinajstić information content (AvgIpc) is 3.21. The van der Waals surface area contributed by atoms with Gasteiger partial charge in [0.1, 0.15) is 5.69 Å². The third-order valence-electron chi connectivity index (χ3n) is 5.78. The lowest BCUT2D eigenvalue weighted by Crippen LogP contribution is -2.48. The second-order valence-corrected chi connectivity index (χ2v) is 8.10. The molecular weight excluding hydrogens is 406 g/mol. The zero-order valence-corrected chi connectivity index (χ0v) is 17.9. The Morgan fingerprint density at radius 1 is 0.968 bits per heavy atom. The van der Waals surface area contributed by atoms with Gasteiger partial charge in [0, 0.05) is 56.2 Å². The van der Waals surface area contributed by atoms with Gasteiger partial charge in [-0.05, 0) is 36.0 Å². The van der Waals surface area contributed by atoms with Crippen molar-refractivity contribution in [1.82, 2.24) is 24.3 Å². The molecule has 0 aliphatic carbocycles. The highest BCUT2D eigenvalue weighted by Crippen LogP contribution is 2.20. The molecule has 3 heterocycles. The normalized spacial score (nSPS) is 14.8. The van der Waals surface area contributed by atoms with Crippen LogP contribution in [0.3, 0.4) is 0 Å². The van der Waals surface area contributed by atoms with Crippen molar-refractivity contribution in [2.45, 2.75) is 6.54 Å². The predicted octanol–water partition coefficient (Wildman–Crippen LogP) is 4.04. The number of aromatic amines is 1. The van der Waals surface area contributed by atoms with E-state index in [1.807, 2.05) is 52.1 Å². The maximum Gasteiger partial charge on any atom is 0.272 e. The lowest BCUT2D eigenvalue weighted by atomic mass is 10.1. The van der Waals surface area contributed by atoms with Crippen LogP contribution in [0.4, 0.5) is 0 Å². The Balaban J connectivity index is 1.29. The summed E-state index contributed by atoms with van der Waals surface area (Å²) in [4.78, 5) is 25.1. The summed E-state index contributed by atoms with van der Waals surface area (Å²) in [5.74, 6) is 0.00248. The monoisotopic (exact) mass is 429 g/mol. The van der Waals surface area contributed by atoms with E-state index in [9.17, 15) is 4.79 Å². The first kappa shape index (κ1) is 19.7. The van der Waals surface area contributed by atoms with Gasteiger partial charge in [0.25, 0.3) is 5.91 Å². The van der Waals surface area contributed by atoms with E-state index in [1.165, 1.54) is 5.56 Å². The quantitative estimate of drug-likeness (QED) is 0.498. The fraction of sp³-hybridized carbons (Fsp3) is 0.208. The molecule has 0 saturated carbocycles. The number of nitrogens with one attached hydrogen (secondary N) is 1. The molecule has 1 amide bonds. The number of amides is 1. The van der Waals surface area contributed by atoms with Gasteiger partial charge in [-0.1, -0.05) is 42.5 Å². The number of aromatic nitrogens is 3. The third-order valence-corrected chi connectivity index (χ3v) is 6.08. The molecule has 0 unspecified atom stereocenters. The van der Waals surface area contributed by atoms with Crippen LogP contribution in [0.25, 0.3) is 16.6 Å². The van der Waals surface area contributed by atoms with Gasteiger partial charge in [0.05, 0.1) is 5.52 Å². The molecule has 31 heavy (non-hydrogen) atoms. The van der Waals surface area contributed by atoms with Crippen molar-refractivity contribution >= 4 is 29.0 Å². The first-order chi connectivity index (χ1) is 15.2. The van der Waals surface area contributed by atoms with Crippen LogP contribution in [0.5, 0.6) is 0 Å². The standard InChI is InChI=1S/C24H23N5OS/c30-23(21-16-26-24(31)29(21)20-9-2-1-3-10-20)28-14-12-27(13-15-28)17-19-7-4-6-18-8-5-11-25-22(18)19/h1-11,16H,12-15,17H2,(H,26,31). The van der Waals surface area contributed by atoms with Gasteiger partial charge in [-0.3, -0.25) is 19.2 Å². The first-order valence-electron chi connectivity index (χ1n) is 10.4. The Morgan fingerprint density at radius 2 is 1.74 bits per heavy atom. The molecule has 0 radical (unpaired) electrons. The number of pyridine rings is 1. The van der Waals surface area contributed by atoms with Crippen molar-refractivity contribution in [2.75, 3.05) is 26.2 Å². The number of piperazine rings is 1. The highest BCUT2D eigenvalue weighted by molar-refractivity contribution is 7.71. The number of hydrogen-bond donors (Lipinski definition) is 1. The van der Waals surface area contributed by atoms with Gasteiger partial charge in [0.2, 0.25) is 0 Å². The molecule has 2 aromatic carbocycles. The van der Waals surface area contributed by atoms with E-state index in [0.29, 0.717) is 23.6 Å². The largest absolute Gasteiger partial charge is 0.336 e. The number of fused-ring (bicyclic) bond motifs is 1. The molecule has 6 nitrogen and oxygen atoms in total. The van der Waals surface area contributed by atoms with Crippen LogP contribution in [0.1, 0.15) is 16.1 Å². The summed E-state index contributed by atoms with van der Waals surface area (Å²) in [6.07, 6.45) is 3.56. The van der Waals surface area contributed by atoms with E-state index in [0.717, 1.165) is 36.2 Å². The highest BCUT2D eigenvalue weighted by atomic mass is 32.1. The first-order valence-corrected chi connectivity index (χ1v) is 10.8. The maximum atomic E-state index is 13.3. The molecule has 0 atom stereocenters. The SMILES string of the molecule is O=C(c1c[nH]c(=S)n1-c1ccccc1)N1CCN(Cc2cccc3cccnc23)CC1. The summed E-state index contributed by atoms with van der Waals surface area (Å²) in [5.41, 5.74) is 3.74. The summed E-state index contributed by atoms with van der Waals surface area (Å²) in [6, 6.07) is 20.1. The van der Waals surface area contributed by atoms with E-state index in [2.05, 4.69) is 39.1 Å². The van der Waals surface area contributed by atoms with Crippen LogP contribution in [-0.2, 0) is 6.54 Å². The molecule has 0 bridgehead atoms. The van der Waals surface area contributed by atoms with Crippen molar-refractivity contribution in [2.24, 2.45) is 0 Å². The second-order valence-electron chi connectivity index (χ2n) is 7.71. The van der Waals surface area contributed by atoms with Crippen LogP contribution in [-0.4, -0.2) is 56.4 Å². The van der Waals surface area contributed by atoms with Gasteiger partial charge >= 0.3 is 0 Å². The summed E-state index contributed by atoms with van der Waals surface area (Å²) >= 11 is 5.43. The minimum Gasteiger partial charge on any atom is -0.336 e. The number of para-hydroxylation sites is 2. The fourth-order valence-electron chi connectivity index (χ4n) is 4.17. The molecule has 1 N–H and O–H groups in total. The van der Waals surface area contributed by atoms with E-state index in [1.54, 1.807) is 6.20 Å². The van der Waals surface area contributed by atoms with Crippen LogP contribution >= 0.6 is 12.2 Å². The number of carbonyl (C=O) groups excluding carboxylic acids is 1. The van der Waals surface area contributed by atoms with Gasteiger partial charge in [0.15, 0.2) is 4.77 Å². The molecule has 1 aliphatic rings. The molecule has 4 aromatic rings. The summed E-state index contributed by atoms with van der Waals surface area (Å²) < 4.78 is 2.34. The van der Waals surface area contributed by atoms with Gasteiger partial charge in [-0.2, -0.15) is 0 Å². The summed E-state index contributed by atoms with van der Waals surface area (Å²) in [5, 5.41) is 1.16. The van der Waals surface area contributed by atoms with E-state index in [4.69, 9.17) is 12.2 Å². The molecule has 2 aromatic heterocycles. The Kier molecular flexibility index (Phi) is 5.36. The fourth-order valence-corrected chi connectivity index (χ4v) is 4.43. The van der Waals surface area contributed by atoms with Gasteiger partial charge in [-0.25, -0.2) is 0 Å². The molecular formula is C24H23N5OS. The minimum absolute atomic E-state index is 0.00248. The topological polar surface area (TPSA) is 57.2 Å². The lowest BCUT2D eigenvalue weighted by Gasteiger charge is -2.34. The van der Waals surface area contributed by atoms with E-state index in [-0.39, 0.29) is 5.91 Å². The zero-order chi connectivity index (χ0) is 21.2. The number of carbonyl (C=O) groups is 1. The Bertz CT molecular complexity index is 1270. The number of benzene rings is 2. The average molecular weight is 430 g/mol. The van der Waals surface area contributed by atoms with Gasteiger partial charge < -0.3 is 9.88 Å². The van der Waals surface area contributed by atoms with Crippen LogP contribution in [0.15, 0.2) is 73.1 Å². The summed E-state index contributed by atoms with van der Waals surface area (Å²) in [7, 11) is 0. The Labute approximate surface area is 185 Å².